The van der Waals surface area contributed by atoms with Crippen molar-refractivity contribution in [2.45, 2.75) is 6.92 Å². The zero-order chi connectivity index (χ0) is 13.8. The molecule has 0 aliphatic heterocycles. The average Bonchev–Trinajstić information content (AvgIpc) is 2.39. The van der Waals surface area contributed by atoms with Crippen LogP contribution >= 0.6 is 12.2 Å². The number of aromatic nitrogens is 1. The number of nitrogens with one attached hydrogen (secondary N) is 1. The first-order chi connectivity index (χ1) is 9.10. The first-order valence-corrected chi connectivity index (χ1v) is 6.18. The lowest BCUT2D eigenvalue weighted by Gasteiger charge is -2.10. The van der Waals surface area contributed by atoms with Crippen LogP contribution in [-0.2, 0) is 0 Å². The number of rotatable bonds is 4. The summed E-state index contributed by atoms with van der Waals surface area (Å²) in [6.45, 7) is 1.99. The Labute approximate surface area is 117 Å². The summed E-state index contributed by atoms with van der Waals surface area (Å²) in [6, 6.07) is 9.44. The minimum absolute atomic E-state index is 0.358. The summed E-state index contributed by atoms with van der Waals surface area (Å²) in [5.41, 5.74) is 8.38. The van der Waals surface area contributed by atoms with Gasteiger partial charge in [0.15, 0.2) is 0 Å². The Morgan fingerprint density at radius 3 is 2.74 bits per heavy atom. The van der Waals surface area contributed by atoms with Crippen molar-refractivity contribution in [1.82, 2.24) is 4.98 Å². The monoisotopic (exact) mass is 273 g/mol. The molecule has 19 heavy (non-hydrogen) atoms. The second-order valence-corrected chi connectivity index (χ2v) is 4.54. The van der Waals surface area contributed by atoms with Crippen molar-refractivity contribution in [3.05, 3.63) is 47.7 Å². The molecule has 1 heterocycles. The summed E-state index contributed by atoms with van der Waals surface area (Å²) >= 11 is 4.95. The van der Waals surface area contributed by atoms with Crippen LogP contribution in [0.2, 0.25) is 0 Å². The van der Waals surface area contributed by atoms with E-state index in [0.717, 1.165) is 22.6 Å². The highest BCUT2D eigenvalue weighted by atomic mass is 32.1. The molecule has 0 aliphatic carbocycles. The number of ether oxygens (including phenoxy) is 1. The summed E-state index contributed by atoms with van der Waals surface area (Å²) in [4.78, 5) is 4.59. The third kappa shape index (κ3) is 3.20. The van der Waals surface area contributed by atoms with E-state index >= 15 is 0 Å². The largest absolute Gasteiger partial charge is 0.496 e. The summed E-state index contributed by atoms with van der Waals surface area (Å²) < 4.78 is 5.22. The normalized spacial score (nSPS) is 10.0. The molecule has 2 rings (SSSR count). The highest BCUT2D eigenvalue weighted by Crippen LogP contribution is 2.23. The number of anilines is 2. The number of pyridine rings is 1. The maximum atomic E-state index is 5.60. The molecular weight excluding hydrogens is 258 g/mol. The number of methoxy groups -OCH3 is 1. The molecule has 98 valence electrons. The van der Waals surface area contributed by atoms with E-state index in [1.807, 2.05) is 31.2 Å². The number of thiocarbonyl (C=S) groups is 1. The molecule has 0 unspecified atom stereocenters. The fourth-order valence-corrected chi connectivity index (χ4v) is 1.88. The predicted octanol–water partition coefficient (Wildman–Crippen LogP) is 2.78. The van der Waals surface area contributed by atoms with Crippen molar-refractivity contribution in [3.8, 4) is 5.75 Å². The van der Waals surface area contributed by atoms with Crippen LogP contribution in [0, 0.1) is 6.92 Å². The van der Waals surface area contributed by atoms with Crippen molar-refractivity contribution in [3.63, 3.8) is 0 Å². The van der Waals surface area contributed by atoms with E-state index in [-0.39, 0.29) is 0 Å². The number of benzene rings is 1. The number of aryl methyl sites for hydroxylation is 1. The highest BCUT2D eigenvalue weighted by Gasteiger charge is 2.03. The third-order valence-corrected chi connectivity index (χ3v) is 2.95. The number of hydrogen-bond donors (Lipinski definition) is 2. The van der Waals surface area contributed by atoms with Gasteiger partial charge in [-0.2, -0.15) is 0 Å². The van der Waals surface area contributed by atoms with Gasteiger partial charge in [0, 0.05) is 17.4 Å². The SMILES string of the molecule is COc1ccc(Nc2cc(C(N)=S)ccn2)cc1C. The fourth-order valence-electron chi connectivity index (χ4n) is 1.76. The second kappa shape index (κ2) is 5.67. The molecule has 0 amide bonds. The van der Waals surface area contributed by atoms with Gasteiger partial charge in [-0.15, -0.1) is 0 Å². The summed E-state index contributed by atoms with van der Waals surface area (Å²) in [5.74, 6) is 1.56. The van der Waals surface area contributed by atoms with E-state index in [1.54, 1.807) is 19.4 Å². The lowest BCUT2D eigenvalue weighted by atomic mass is 10.2. The molecular formula is C14H15N3OS. The van der Waals surface area contributed by atoms with Gasteiger partial charge >= 0.3 is 0 Å². The van der Waals surface area contributed by atoms with Gasteiger partial charge in [-0.05, 0) is 42.8 Å². The zero-order valence-electron chi connectivity index (χ0n) is 10.8. The maximum absolute atomic E-state index is 5.60. The van der Waals surface area contributed by atoms with Crippen molar-refractivity contribution in [2.75, 3.05) is 12.4 Å². The molecule has 5 heteroatoms. The van der Waals surface area contributed by atoms with Crippen LogP contribution in [0.25, 0.3) is 0 Å². The van der Waals surface area contributed by atoms with Crippen LogP contribution in [-0.4, -0.2) is 17.1 Å². The van der Waals surface area contributed by atoms with Crippen LogP contribution in [0.1, 0.15) is 11.1 Å². The van der Waals surface area contributed by atoms with Gasteiger partial charge in [-0.1, -0.05) is 12.2 Å². The van der Waals surface area contributed by atoms with Gasteiger partial charge in [0.05, 0.1) is 7.11 Å². The van der Waals surface area contributed by atoms with E-state index in [1.165, 1.54) is 0 Å². The summed E-state index contributed by atoms with van der Waals surface area (Å²) in [5, 5.41) is 3.21. The topological polar surface area (TPSA) is 60.2 Å². The molecule has 3 N–H and O–H groups in total. The van der Waals surface area contributed by atoms with Gasteiger partial charge in [-0.25, -0.2) is 4.98 Å². The average molecular weight is 273 g/mol. The molecule has 0 saturated carbocycles. The molecule has 0 radical (unpaired) electrons. The minimum atomic E-state index is 0.358. The zero-order valence-corrected chi connectivity index (χ0v) is 11.6. The molecule has 4 nitrogen and oxygen atoms in total. The van der Waals surface area contributed by atoms with Gasteiger partial charge in [0.1, 0.15) is 16.6 Å². The number of nitrogens with zero attached hydrogens (tertiary/aromatic N) is 1. The Morgan fingerprint density at radius 2 is 2.11 bits per heavy atom. The smallest absolute Gasteiger partial charge is 0.130 e. The van der Waals surface area contributed by atoms with E-state index in [2.05, 4.69) is 10.3 Å². The molecule has 1 aromatic heterocycles. The minimum Gasteiger partial charge on any atom is -0.496 e. The molecule has 0 saturated heterocycles. The van der Waals surface area contributed by atoms with Gasteiger partial charge < -0.3 is 15.8 Å². The first-order valence-electron chi connectivity index (χ1n) is 5.77. The summed E-state index contributed by atoms with van der Waals surface area (Å²) in [6.07, 6.45) is 1.67. The van der Waals surface area contributed by atoms with Crippen molar-refractivity contribution in [2.24, 2.45) is 5.73 Å². The molecule has 0 atom stereocenters. The van der Waals surface area contributed by atoms with E-state index in [4.69, 9.17) is 22.7 Å². The highest BCUT2D eigenvalue weighted by molar-refractivity contribution is 7.80. The van der Waals surface area contributed by atoms with Crippen LogP contribution in [0.5, 0.6) is 5.75 Å². The van der Waals surface area contributed by atoms with Crippen molar-refractivity contribution >= 4 is 28.7 Å². The lowest BCUT2D eigenvalue weighted by Crippen LogP contribution is -2.09. The Morgan fingerprint density at radius 1 is 1.32 bits per heavy atom. The Bertz CT molecular complexity index is 613. The third-order valence-electron chi connectivity index (χ3n) is 2.71. The molecule has 0 aliphatic rings. The van der Waals surface area contributed by atoms with Crippen LogP contribution < -0.4 is 15.8 Å². The van der Waals surface area contributed by atoms with E-state index in [9.17, 15) is 0 Å². The van der Waals surface area contributed by atoms with E-state index in [0.29, 0.717) is 10.8 Å². The predicted molar refractivity (Wildman–Crippen MR) is 81.1 cm³/mol. The van der Waals surface area contributed by atoms with Crippen molar-refractivity contribution < 1.29 is 4.74 Å². The first kappa shape index (κ1) is 13.3. The Hall–Kier alpha value is -2.14. The van der Waals surface area contributed by atoms with Gasteiger partial charge in [0.2, 0.25) is 0 Å². The Kier molecular flexibility index (Phi) is 3.97. The van der Waals surface area contributed by atoms with Gasteiger partial charge in [0.25, 0.3) is 0 Å². The molecule has 2 aromatic rings. The maximum Gasteiger partial charge on any atom is 0.130 e. The molecule has 1 aromatic carbocycles. The number of nitrogens with two attached hydrogens (primary N) is 1. The quantitative estimate of drug-likeness (QED) is 0.839. The van der Waals surface area contributed by atoms with E-state index < -0.39 is 0 Å². The van der Waals surface area contributed by atoms with Crippen LogP contribution in [0.4, 0.5) is 11.5 Å². The van der Waals surface area contributed by atoms with Crippen LogP contribution in [0.3, 0.4) is 0 Å². The van der Waals surface area contributed by atoms with Gasteiger partial charge in [-0.3, -0.25) is 0 Å². The Balaban J connectivity index is 2.23. The lowest BCUT2D eigenvalue weighted by molar-refractivity contribution is 0.412. The molecule has 0 spiro atoms. The second-order valence-electron chi connectivity index (χ2n) is 4.10. The van der Waals surface area contributed by atoms with Crippen LogP contribution in [0.15, 0.2) is 36.5 Å². The number of hydrogen-bond acceptors (Lipinski definition) is 4. The standard InChI is InChI=1S/C14H15N3OS/c1-9-7-11(3-4-12(9)18-2)17-13-8-10(14(15)19)5-6-16-13/h3-8H,1-2H3,(H2,15,19)(H,16,17). The molecule has 0 bridgehead atoms. The van der Waals surface area contributed by atoms with Crippen molar-refractivity contribution in [1.29, 1.82) is 0 Å². The molecule has 0 fully saturated rings. The fraction of sp³-hybridized carbons (Fsp3) is 0.143. The summed E-state index contributed by atoms with van der Waals surface area (Å²) in [7, 11) is 1.66.